The van der Waals surface area contributed by atoms with E-state index in [4.69, 9.17) is 0 Å². The zero-order chi connectivity index (χ0) is 12.3. The molecule has 1 amide bonds. The van der Waals surface area contributed by atoms with Gasteiger partial charge in [0.25, 0.3) is 5.91 Å². The Morgan fingerprint density at radius 2 is 1.94 bits per heavy atom. The van der Waals surface area contributed by atoms with Gasteiger partial charge in [0.2, 0.25) is 0 Å². The Labute approximate surface area is 106 Å². The lowest BCUT2D eigenvalue weighted by Crippen LogP contribution is -2.25. The van der Waals surface area contributed by atoms with E-state index in [2.05, 4.69) is 19.1 Å². The molecule has 2 nitrogen and oxygen atoms in total. The molecular weight excluding hydrogens is 230 g/mol. The summed E-state index contributed by atoms with van der Waals surface area (Å²) in [7, 11) is 1.81. The van der Waals surface area contributed by atoms with E-state index in [1.807, 2.05) is 36.7 Å². The van der Waals surface area contributed by atoms with Gasteiger partial charge in [-0.15, -0.1) is 11.3 Å². The summed E-state index contributed by atoms with van der Waals surface area (Å²) in [6.07, 6.45) is 1.02. The molecule has 0 aliphatic heterocycles. The molecule has 88 valence electrons. The smallest absolute Gasteiger partial charge is 0.268 e. The van der Waals surface area contributed by atoms with Gasteiger partial charge in [-0.3, -0.25) is 4.79 Å². The lowest BCUT2D eigenvalue weighted by Gasteiger charge is -2.16. The summed E-state index contributed by atoms with van der Waals surface area (Å²) >= 11 is 1.47. The van der Waals surface area contributed by atoms with Gasteiger partial charge in [-0.2, -0.15) is 0 Å². The Bertz CT molecular complexity index is 487. The summed E-state index contributed by atoms with van der Waals surface area (Å²) < 4.78 is 0. The Morgan fingerprint density at radius 3 is 2.47 bits per heavy atom. The molecule has 0 aliphatic carbocycles. The van der Waals surface area contributed by atoms with Crippen LogP contribution in [0, 0.1) is 0 Å². The number of anilines is 1. The molecule has 0 saturated carbocycles. The third-order valence-corrected chi connectivity index (χ3v) is 3.63. The minimum absolute atomic E-state index is 0.0456. The van der Waals surface area contributed by atoms with Crippen molar-refractivity contribution in [2.75, 3.05) is 11.9 Å². The highest BCUT2D eigenvalue weighted by Gasteiger charge is 2.13. The van der Waals surface area contributed by atoms with Crippen LogP contribution in [0.5, 0.6) is 0 Å². The zero-order valence-electron chi connectivity index (χ0n) is 10.0. The van der Waals surface area contributed by atoms with Gasteiger partial charge < -0.3 is 4.90 Å². The van der Waals surface area contributed by atoms with Gasteiger partial charge in [-0.05, 0) is 35.6 Å². The van der Waals surface area contributed by atoms with Gasteiger partial charge in [0, 0.05) is 12.7 Å². The molecule has 0 N–H and O–H groups in total. The average Bonchev–Trinajstić information content (AvgIpc) is 2.91. The minimum atomic E-state index is 0.0456. The number of hydrogen-bond donors (Lipinski definition) is 0. The maximum atomic E-state index is 12.1. The van der Waals surface area contributed by atoms with Crippen LogP contribution in [-0.4, -0.2) is 13.0 Å². The molecule has 0 fully saturated rings. The predicted octanol–water partition coefficient (Wildman–Crippen LogP) is 3.59. The largest absolute Gasteiger partial charge is 0.311 e. The highest BCUT2D eigenvalue weighted by molar-refractivity contribution is 7.12. The Hall–Kier alpha value is -1.61. The van der Waals surface area contributed by atoms with Crippen LogP contribution >= 0.6 is 11.3 Å². The van der Waals surface area contributed by atoms with Crippen LogP contribution in [0.1, 0.15) is 22.2 Å². The molecule has 2 aromatic rings. The van der Waals surface area contributed by atoms with E-state index in [1.165, 1.54) is 16.9 Å². The fraction of sp³-hybridized carbons (Fsp3) is 0.214. The van der Waals surface area contributed by atoms with Crippen LogP contribution in [0.2, 0.25) is 0 Å². The van der Waals surface area contributed by atoms with Gasteiger partial charge in [0.05, 0.1) is 4.88 Å². The van der Waals surface area contributed by atoms with Crippen molar-refractivity contribution in [2.24, 2.45) is 0 Å². The molecule has 1 aromatic carbocycles. The summed E-state index contributed by atoms with van der Waals surface area (Å²) in [5.74, 6) is 0.0456. The van der Waals surface area contributed by atoms with Crippen molar-refractivity contribution in [3.8, 4) is 0 Å². The van der Waals surface area contributed by atoms with Gasteiger partial charge in [0.1, 0.15) is 0 Å². The number of hydrogen-bond acceptors (Lipinski definition) is 2. The molecule has 0 saturated heterocycles. The van der Waals surface area contributed by atoms with E-state index in [0.717, 1.165) is 17.0 Å². The lowest BCUT2D eigenvalue weighted by atomic mass is 10.1. The average molecular weight is 245 g/mol. The second kappa shape index (κ2) is 5.15. The van der Waals surface area contributed by atoms with Crippen LogP contribution in [-0.2, 0) is 6.42 Å². The fourth-order valence-electron chi connectivity index (χ4n) is 1.64. The highest BCUT2D eigenvalue weighted by Crippen LogP contribution is 2.18. The van der Waals surface area contributed by atoms with Crippen LogP contribution < -0.4 is 4.90 Å². The molecule has 0 atom stereocenters. The van der Waals surface area contributed by atoms with Crippen LogP contribution in [0.4, 0.5) is 5.69 Å². The predicted molar refractivity (Wildman–Crippen MR) is 72.9 cm³/mol. The normalized spacial score (nSPS) is 10.2. The number of carbonyl (C=O) groups is 1. The molecule has 2 rings (SSSR count). The third kappa shape index (κ3) is 2.56. The van der Waals surface area contributed by atoms with E-state index in [-0.39, 0.29) is 5.91 Å². The quantitative estimate of drug-likeness (QED) is 0.809. The summed E-state index contributed by atoms with van der Waals surface area (Å²) in [5, 5.41) is 1.92. The molecule has 3 heteroatoms. The zero-order valence-corrected chi connectivity index (χ0v) is 10.8. The molecule has 1 heterocycles. The Kier molecular flexibility index (Phi) is 3.59. The standard InChI is InChI=1S/C14H15NOS/c1-3-11-6-8-12(9-7-11)15(2)14(16)13-5-4-10-17-13/h4-10H,3H2,1-2H3. The molecule has 0 unspecified atom stereocenters. The number of nitrogens with zero attached hydrogens (tertiary/aromatic N) is 1. The monoisotopic (exact) mass is 245 g/mol. The van der Waals surface area contributed by atoms with Crippen molar-refractivity contribution in [1.82, 2.24) is 0 Å². The van der Waals surface area contributed by atoms with Crippen molar-refractivity contribution >= 4 is 22.9 Å². The molecule has 0 radical (unpaired) electrons. The van der Waals surface area contributed by atoms with Crippen LogP contribution in [0.25, 0.3) is 0 Å². The number of aryl methyl sites for hydroxylation is 1. The topological polar surface area (TPSA) is 20.3 Å². The number of benzene rings is 1. The van der Waals surface area contributed by atoms with Crippen molar-refractivity contribution in [2.45, 2.75) is 13.3 Å². The van der Waals surface area contributed by atoms with Gasteiger partial charge in [-0.1, -0.05) is 25.1 Å². The summed E-state index contributed by atoms with van der Waals surface area (Å²) in [6.45, 7) is 2.12. The lowest BCUT2D eigenvalue weighted by molar-refractivity contribution is 0.0997. The highest BCUT2D eigenvalue weighted by atomic mass is 32.1. The van der Waals surface area contributed by atoms with Crippen molar-refractivity contribution in [1.29, 1.82) is 0 Å². The van der Waals surface area contributed by atoms with E-state index in [0.29, 0.717) is 0 Å². The second-order valence-electron chi connectivity index (χ2n) is 3.86. The first-order valence-corrected chi connectivity index (χ1v) is 6.51. The van der Waals surface area contributed by atoms with Crippen LogP contribution in [0.15, 0.2) is 41.8 Å². The first-order chi connectivity index (χ1) is 8.22. The number of thiophene rings is 1. The third-order valence-electron chi connectivity index (χ3n) is 2.77. The van der Waals surface area contributed by atoms with Crippen molar-refractivity contribution in [3.05, 3.63) is 52.2 Å². The van der Waals surface area contributed by atoms with Gasteiger partial charge in [-0.25, -0.2) is 0 Å². The number of rotatable bonds is 3. The SMILES string of the molecule is CCc1ccc(N(C)C(=O)c2cccs2)cc1. The Morgan fingerprint density at radius 1 is 1.24 bits per heavy atom. The van der Waals surface area contributed by atoms with Crippen molar-refractivity contribution in [3.63, 3.8) is 0 Å². The first-order valence-electron chi connectivity index (χ1n) is 5.63. The Balaban J connectivity index is 2.19. The molecule has 0 aliphatic rings. The van der Waals surface area contributed by atoms with E-state index < -0.39 is 0 Å². The molecule has 0 spiro atoms. The van der Waals surface area contributed by atoms with Crippen LogP contribution in [0.3, 0.4) is 0 Å². The first kappa shape index (κ1) is 11.9. The second-order valence-corrected chi connectivity index (χ2v) is 4.81. The molecule has 1 aromatic heterocycles. The van der Waals surface area contributed by atoms with Crippen molar-refractivity contribution < 1.29 is 4.79 Å². The summed E-state index contributed by atoms with van der Waals surface area (Å²) in [5.41, 5.74) is 2.21. The maximum absolute atomic E-state index is 12.1. The van der Waals surface area contributed by atoms with E-state index in [9.17, 15) is 4.79 Å². The molecular formula is C14H15NOS. The summed E-state index contributed by atoms with van der Waals surface area (Å²) in [6, 6.07) is 11.9. The fourth-order valence-corrected chi connectivity index (χ4v) is 2.34. The molecule has 0 bridgehead atoms. The van der Waals surface area contributed by atoms with Gasteiger partial charge >= 0.3 is 0 Å². The number of carbonyl (C=O) groups excluding carboxylic acids is 1. The minimum Gasteiger partial charge on any atom is -0.311 e. The van der Waals surface area contributed by atoms with Gasteiger partial charge in [0.15, 0.2) is 0 Å². The van der Waals surface area contributed by atoms with E-state index in [1.54, 1.807) is 4.90 Å². The summed E-state index contributed by atoms with van der Waals surface area (Å²) in [4.78, 5) is 14.6. The maximum Gasteiger partial charge on any atom is 0.268 e. The number of amides is 1. The van der Waals surface area contributed by atoms with E-state index >= 15 is 0 Å². The molecule has 17 heavy (non-hydrogen) atoms.